The van der Waals surface area contributed by atoms with Crippen molar-refractivity contribution in [3.8, 4) is 0 Å². The number of carbonyl (C=O) groups excluding carboxylic acids is 1. The van der Waals surface area contributed by atoms with Crippen molar-refractivity contribution in [2.24, 2.45) is 0 Å². The Morgan fingerprint density at radius 1 is 1.05 bits per heavy atom. The molecule has 0 aliphatic heterocycles. The Balaban J connectivity index is 2.40. The lowest BCUT2D eigenvalue weighted by atomic mass is 10.1. The van der Waals surface area contributed by atoms with Crippen LogP contribution in [0.1, 0.15) is 13.8 Å². The Morgan fingerprint density at radius 3 is 2.40 bits per heavy atom. The summed E-state index contributed by atoms with van der Waals surface area (Å²) in [5.74, 6) is 0. The molecule has 0 saturated heterocycles. The van der Waals surface area contributed by atoms with E-state index in [0.29, 0.717) is 5.39 Å². The highest BCUT2D eigenvalue weighted by molar-refractivity contribution is 7.90. The Morgan fingerprint density at radius 2 is 1.70 bits per heavy atom. The van der Waals surface area contributed by atoms with Gasteiger partial charge in [-0.2, -0.15) is 0 Å². The molecule has 0 atom stereocenters. The van der Waals surface area contributed by atoms with Crippen LogP contribution >= 0.6 is 0 Å². The standard InChI is InChI=1S/C14H16N2O3S/c1-10(2)15-14(17)16-20(18,19)13-9-5-7-11-6-3-4-8-12(11)13/h3-10H,1-2H3,(H2,15,16,17). The molecule has 0 aliphatic rings. The zero-order valence-electron chi connectivity index (χ0n) is 11.3. The molecule has 2 aromatic carbocycles. The van der Waals surface area contributed by atoms with Crippen LogP contribution in [0.2, 0.25) is 0 Å². The first kappa shape index (κ1) is 14.3. The lowest BCUT2D eigenvalue weighted by Crippen LogP contribution is -2.42. The van der Waals surface area contributed by atoms with E-state index < -0.39 is 16.1 Å². The second kappa shape index (κ2) is 5.50. The summed E-state index contributed by atoms with van der Waals surface area (Å²) in [6.07, 6.45) is 0. The first-order chi connectivity index (χ1) is 9.40. The van der Waals surface area contributed by atoms with Gasteiger partial charge in [0.1, 0.15) is 0 Å². The van der Waals surface area contributed by atoms with E-state index in [1.165, 1.54) is 6.07 Å². The van der Waals surface area contributed by atoms with E-state index in [2.05, 4.69) is 5.32 Å². The fourth-order valence-electron chi connectivity index (χ4n) is 1.90. The molecule has 2 amide bonds. The van der Waals surface area contributed by atoms with Crippen molar-refractivity contribution in [1.29, 1.82) is 0 Å². The van der Waals surface area contributed by atoms with Crippen molar-refractivity contribution < 1.29 is 13.2 Å². The Bertz CT molecular complexity index is 734. The zero-order valence-corrected chi connectivity index (χ0v) is 12.1. The van der Waals surface area contributed by atoms with E-state index in [9.17, 15) is 13.2 Å². The minimum absolute atomic E-state index is 0.0921. The smallest absolute Gasteiger partial charge is 0.328 e. The molecule has 0 fully saturated rings. The zero-order chi connectivity index (χ0) is 14.8. The van der Waals surface area contributed by atoms with Crippen molar-refractivity contribution >= 4 is 26.8 Å². The predicted molar refractivity (Wildman–Crippen MR) is 77.9 cm³/mol. The molecule has 0 aliphatic carbocycles. The molecule has 106 valence electrons. The summed E-state index contributed by atoms with van der Waals surface area (Å²) >= 11 is 0. The first-order valence-electron chi connectivity index (χ1n) is 6.21. The van der Waals surface area contributed by atoms with Gasteiger partial charge in [0.2, 0.25) is 0 Å². The molecule has 20 heavy (non-hydrogen) atoms. The van der Waals surface area contributed by atoms with Gasteiger partial charge in [0.25, 0.3) is 10.0 Å². The average molecular weight is 292 g/mol. The summed E-state index contributed by atoms with van der Waals surface area (Å²) in [6.45, 7) is 3.51. The van der Waals surface area contributed by atoms with Crippen LogP contribution in [-0.2, 0) is 10.0 Å². The van der Waals surface area contributed by atoms with Gasteiger partial charge in [0.05, 0.1) is 4.90 Å². The molecular weight excluding hydrogens is 276 g/mol. The summed E-state index contributed by atoms with van der Waals surface area (Å²) in [5, 5.41) is 3.88. The lowest BCUT2D eigenvalue weighted by Gasteiger charge is -2.12. The predicted octanol–water partition coefficient (Wildman–Crippen LogP) is 2.24. The van der Waals surface area contributed by atoms with Gasteiger partial charge in [-0.25, -0.2) is 17.9 Å². The number of hydrogen-bond donors (Lipinski definition) is 2. The number of amides is 2. The van der Waals surface area contributed by atoms with Crippen LogP contribution in [0.25, 0.3) is 10.8 Å². The third-order valence-electron chi connectivity index (χ3n) is 2.69. The number of nitrogens with one attached hydrogen (secondary N) is 2. The molecule has 6 heteroatoms. The number of benzene rings is 2. The van der Waals surface area contributed by atoms with Crippen LogP contribution in [-0.4, -0.2) is 20.5 Å². The SMILES string of the molecule is CC(C)NC(=O)NS(=O)(=O)c1cccc2ccccc12. The van der Waals surface area contributed by atoms with E-state index in [1.54, 1.807) is 32.0 Å². The number of sulfonamides is 1. The van der Waals surface area contributed by atoms with Crippen LogP contribution in [0.15, 0.2) is 47.4 Å². The van der Waals surface area contributed by atoms with Crippen LogP contribution in [0.4, 0.5) is 4.79 Å². The third kappa shape index (κ3) is 3.08. The molecule has 5 nitrogen and oxygen atoms in total. The summed E-state index contributed by atoms with van der Waals surface area (Å²) in [5.41, 5.74) is 0. The number of hydrogen-bond acceptors (Lipinski definition) is 3. The quantitative estimate of drug-likeness (QED) is 0.911. The molecule has 2 rings (SSSR count). The number of fused-ring (bicyclic) bond motifs is 1. The molecule has 0 bridgehead atoms. The first-order valence-corrected chi connectivity index (χ1v) is 7.69. The van der Waals surface area contributed by atoms with E-state index in [-0.39, 0.29) is 10.9 Å². The Kier molecular flexibility index (Phi) is 3.94. The molecule has 2 N–H and O–H groups in total. The number of rotatable bonds is 3. The molecule has 0 heterocycles. The Hall–Kier alpha value is -2.08. The third-order valence-corrected chi connectivity index (χ3v) is 4.08. The van der Waals surface area contributed by atoms with Gasteiger partial charge in [0, 0.05) is 11.4 Å². The highest BCUT2D eigenvalue weighted by atomic mass is 32.2. The van der Waals surface area contributed by atoms with Crippen molar-refractivity contribution in [2.45, 2.75) is 24.8 Å². The van der Waals surface area contributed by atoms with Gasteiger partial charge < -0.3 is 5.32 Å². The molecule has 0 radical (unpaired) electrons. The second-order valence-electron chi connectivity index (χ2n) is 4.71. The van der Waals surface area contributed by atoms with Crippen LogP contribution in [0.5, 0.6) is 0 Å². The van der Waals surface area contributed by atoms with Crippen LogP contribution < -0.4 is 10.0 Å². The maximum Gasteiger partial charge on any atom is 0.328 e. The fraction of sp³-hybridized carbons (Fsp3) is 0.214. The second-order valence-corrected chi connectivity index (χ2v) is 6.36. The van der Waals surface area contributed by atoms with Gasteiger partial charge in [-0.15, -0.1) is 0 Å². The number of urea groups is 1. The van der Waals surface area contributed by atoms with Crippen molar-refractivity contribution in [1.82, 2.24) is 10.0 Å². The minimum atomic E-state index is -3.89. The summed E-state index contributed by atoms with van der Waals surface area (Å²) in [4.78, 5) is 11.7. The van der Waals surface area contributed by atoms with Crippen LogP contribution in [0.3, 0.4) is 0 Å². The monoisotopic (exact) mass is 292 g/mol. The van der Waals surface area contributed by atoms with Gasteiger partial charge >= 0.3 is 6.03 Å². The maximum atomic E-state index is 12.3. The van der Waals surface area contributed by atoms with Gasteiger partial charge in [0.15, 0.2) is 0 Å². The highest BCUT2D eigenvalue weighted by Gasteiger charge is 2.20. The van der Waals surface area contributed by atoms with Gasteiger partial charge in [-0.1, -0.05) is 36.4 Å². The van der Waals surface area contributed by atoms with E-state index >= 15 is 0 Å². The average Bonchev–Trinajstić information content (AvgIpc) is 2.36. The lowest BCUT2D eigenvalue weighted by molar-refractivity contribution is 0.243. The van der Waals surface area contributed by atoms with E-state index in [4.69, 9.17) is 0 Å². The van der Waals surface area contributed by atoms with E-state index in [1.807, 2.05) is 22.9 Å². The van der Waals surface area contributed by atoms with E-state index in [0.717, 1.165) is 5.39 Å². The largest absolute Gasteiger partial charge is 0.335 e. The van der Waals surface area contributed by atoms with Crippen molar-refractivity contribution in [3.05, 3.63) is 42.5 Å². The molecular formula is C14H16N2O3S. The summed E-state index contributed by atoms with van der Waals surface area (Å²) in [6, 6.07) is 11.2. The highest BCUT2D eigenvalue weighted by Crippen LogP contribution is 2.22. The summed E-state index contributed by atoms with van der Waals surface area (Å²) < 4.78 is 26.6. The van der Waals surface area contributed by atoms with Gasteiger partial charge in [-0.05, 0) is 25.3 Å². The maximum absolute atomic E-state index is 12.3. The van der Waals surface area contributed by atoms with Crippen molar-refractivity contribution in [3.63, 3.8) is 0 Å². The normalized spacial score (nSPS) is 11.6. The summed E-state index contributed by atoms with van der Waals surface area (Å²) in [7, 11) is -3.89. The number of carbonyl (C=O) groups is 1. The molecule has 2 aromatic rings. The van der Waals surface area contributed by atoms with Gasteiger partial charge in [-0.3, -0.25) is 0 Å². The fourth-order valence-corrected chi connectivity index (χ4v) is 3.04. The van der Waals surface area contributed by atoms with Crippen molar-refractivity contribution in [2.75, 3.05) is 0 Å². The topological polar surface area (TPSA) is 75.3 Å². The Labute approximate surface area is 118 Å². The van der Waals surface area contributed by atoms with Crippen LogP contribution in [0, 0.1) is 0 Å². The molecule has 0 aromatic heterocycles. The minimum Gasteiger partial charge on any atom is -0.335 e. The molecule has 0 spiro atoms. The molecule has 0 unspecified atom stereocenters. The molecule has 0 saturated carbocycles.